The minimum absolute atomic E-state index is 0.155. The molecule has 2 N–H and O–H groups in total. The molecule has 1 heterocycles. The van der Waals surface area contributed by atoms with Gasteiger partial charge in [-0.25, -0.2) is 0 Å². The number of thiophene rings is 1. The van der Waals surface area contributed by atoms with Gasteiger partial charge in [-0.2, -0.15) is 8.78 Å². The standard InChI is InChI=1S/C13H10F2N2OS3/c14-12(15)21-9-5-3-8(4-6-9)16-13(19)17-11(18)10-2-1-7-20-10/h1-7,12H,(H2,16,17,18,19). The summed E-state index contributed by atoms with van der Waals surface area (Å²) in [5.41, 5.74) is 0.616. The van der Waals surface area contributed by atoms with Crippen LogP contribution in [0.1, 0.15) is 9.67 Å². The van der Waals surface area contributed by atoms with Crippen LogP contribution < -0.4 is 10.6 Å². The predicted molar refractivity (Wildman–Crippen MR) is 86.3 cm³/mol. The number of hydrogen-bond donors (Lipinski definition) is 2. The van der Waals surface area contributed by atoms with Gasteiger partial charge in [0.2, 0.25) is 0 Å². The van der Waals surface area contributed by atoms with Crippen LogP contribution in [0.25, 0.3) is 0 Å². The number of hydrogen-bond acceptors (Lipinski definition) is 4. The Bertz CT molecular complexity index is 615. The second-order valence-corrected chi connectivity index (χ2v) is 6.21. The van der Waals surface area contributed by atoms with Gasteiger partial charge in [-0.15, -0.1) is 11.3 Å². The van der Waals surface area contributed by atoms with Crippen molar-refractivity contribution in [1.82, 2.24) is 5.32 Å². The first-order valence-electron chi connectivity index (χ1n) is 5.75. The Labute approximate surface area is 133 Å². The zero-order valence-corrected chi connectivity index (χ0v) is 13.0. The molecule has 1 amide bonds. The third kappa shape index (κ3) is 5.07. The number of alkyl halides is 2. The van der Waals surface area contributed by atoms with Crippen molar-refractivity contribution in [2.75, 3.05) is 5.32 Å². The van der Waals surface area contributed by atoms with E-state index in [2.05, 4.69) is 10.6 Å². The Morgan fingerprint density at radius 3 is 2.52 bits per heavy atom. The molecule has 0 aliphatic heterocycles. The Hall–Kier alpha value is -1.51. The van der Waals surface area contributed by atoms with Crippen LogP contribution >= 0.6 is 35.3 Å². The number of halogens is 2. The summed E-state index contributed by atoms with van der Waals surface area (Å²) in [5, 5.41) is 7.32. The lowest BCUT2D eigenvalue weighted by Crippen LogP contribution is -2.33. The molecular weight excluding hydrogens is 334 g/mol. The molecule has 0 unspecified atom stereocenters. The molecule has 8 heteroatoms. The summed E-state index contributed by atoms with van der Waals surface area (Å²) in [6.45, 7) is 0. The van der Waals surface area contributed by atoms with E-state index >= 15 is 0 Å². The molecule has 0 atom stereocenters. The summed E-state index contributed by atoms with van der Waals surface area (Å²) in [4.78, 5) is 12.8. The van der Waals surface area contributed by atoms with Crippen molar-refractivity contribution in [3.63, 3.8) is 0 Å². The number of rotatable bonds is 4. The van der Waals surface area contributed by atoms with Gasteiger partial charge in [-0.1, -0.05) is 17.8 Å². The molecule has 2 rings (SSSR count). The largest absolute Gasteiger partial charge is 0.332 e. The van der Waals surface area contributed by atoms with E-state index in [0.717, 1.165) is 0 Å². The Kier molecular flexibility index (Phi) is 5.66. The van der Waals surface area contributed by atoms with E-state index in [1.165, 1.54) is 11.3 Å². The van der Waals surface area contributed by atoms with Crippen molar-refractivity contribution < 1.29 is 13.6 Å². The summed E-state index contributed by atoms with van der Waals surface area (Å²) in [7, 11) is 0. The topological polar surface area (TPSA) is 41.1 Å². The van der Waals surface area contributed by atoms with Gasteiger partial charge in [0, 0.05) is 10.6 Å². The SMILES string of the molecule is O=C(NC(=S)Nc1ccc(SC(F)F)cc1)c1cccs1. The number of benzene rings is 1. The predicted octanol–water partition coefficient (Wildman–Crippen LogP) is 4.19. The summed E-state index contributed by atoms with van der Waals surface area (Å²) in [6, 6.07) is 9.82. The highest BCUT2D eigenvalue weighted by Crippen LogP contribution is 2.26. The monoisotopic (exact) mass is 344 g/mol. The van der Waals surface area contributed by atoms with Crippen molar-refractivity contribution in [2.24, 2.45) is 0 Å². The number of amides is 1. The second-order valence-electron chi connectivity index (χ2n) is 3.79. The van der Waals surface area contributed by atoms with Gasteiger partial charge in [-0.05, 0) is 47.9 Å². The van der Waals surface area contributed by atoms with Crippen LogP contribution in [-0.2, 0) is 0 Å². The minimum atomic E-state index is -2.45. The van der Waals surface area contributed by atoms with Crippen LogP contribution in [0, 0.1) is 0 Å². The maximum absolute atomic E-state index is 12.2. The van der Waals surface area contributed by atoms with E-state index in [9.17, 15) is 13.6 Å². The van der Waals surface area contributed by atoms with Crippen LogP contribution in [0.15, 0.2) is 46.7 Å². The van der Waals surface area contributed by atoms with E-state index < -0.39 is 5.76 Å². The van der Waals surface area contributed by atoms with Crippen LogP contribution in [0.4, 0.5) is 14.5 Å². The highest BCUT2D eigenvalue weighted by Gasteiger charge is 2.09. The van der Waals surface area contributed by atoms with Gasteiger partial charge < -0.3 is 5.32 Å². The zero-order valence-electron chi connectivity index (χ0n) is 10.5. The average Bonchev–Trinajstić information content (AvgIpc) is 2.94. The van der Waals surface area contributed by atoms with E-state index in [4.69, 9.17) is 12.2 Å². The summed E-state index contributed by atoms with van der Waals surface area (Å²) < 4.78 is 24.4. The second kappa shape index (κ2) is 7.48. The molecule has 0 radical (unpaired) electrons. The maximum Gasteiger partial charge on any atom is 0.288 e. The average molecular weight is 344 g/mol. The van der Waals surface area contributed by atoms with Gasteiger partial charge >= 0.3 is 0 Å². The molecule has 1 aromatic heterocycles. The number of carbonyl (C=O) groups is 1. The molecule has 0 saturated heterocycles. The highest BCUT2D eigenvalue weighted by molar-refractivity contribution is 7.99. The summed E-state index contributed by atoms with van der Waals surface area (Å²) >= 11 is 6.81. The number of thioether (sulfide) groups is 1. The van der Waals surface area contributed by atoms with Gasteiger partial charge in [0.1, 0.15) is 0 Å². The lowest BCUT2D eigenvalue weighted by atomic mass is 10.3. The van der Waals surface area contributed by atoms with E-state index in [1.54, 1.807) is 41.8 Å². The van der Waals surface area contributed by atoms with Crippen molar-refractivity contribution in [1.29, 1.82) is 0 Å². The molecule has 1 aromatic carbocycles. The number of carbonyl (C=O) groups excluding carboxylic acids is 1. The normalized spacial score (nSPS) is 10.4. The lowest BCUT2D eigenvalue weighted by Gasteiger charge is -2.09. The molecule has 21 heavy (non-hydrogen) atoms. The minimum Gasteiger partial charge on any atom is -0.332 e. The Morgan fingerprint density at radius 1 is 1.24 bits per heavy atom. The molecule has 0 aliphatic rings. The van der Waals surface area contributed by atoms with Crippen LogP contribution in [0.2, 0.25) is 0 Å². The molecule has 0 saturated carbocycles. The highest BCUT2D eigenvalue weighted by atomic mass is 32.2. The van der Waals surface area contributed by atoms with Crippen molar-refractivity contribution in [2.45, 2.75) is 10.7 Å². The first kappa shape index (κ1) is 15.9. The molecule has 3 nitrogen and oxygen atoms in total. The van der Waals surface area contributed by atoms with Gasteiger partial charge in [0.05, 0.1) is 4.88 Å². The van der Waals surface area contributed by atoms with E-state index in [0.29, 0.717) is 27.2 Å². The fourth-order valence-corrected chi connectivity index (χ4v) is 2.78. The number of anilines is 1. The lowest BCUT2D eigenvalue weighted by molar-refractivity contribution is 0.0981. The third-order valence-corrected chi connectivity index (χ3v) is 4.10. The smallest absolute Gasteiger partial charge is 0.288 e. The van der Waals surface area contributed by atoms with Crippen molar-refractivity contribution >= 4 is 52.0 Å². The molecule has 0 bridgehead atoms. The maximum atomic E-state index is 12.2. The summed E-state index contributed by atoms with van der Waals surface area (Å²) in [5.74, 6) is -2.73. The number of nitrogens with one attached hydrogen (secondary N) is 2. The van der Waals surface area contributed by atoms with E-state index in [1.807, 2.05) is 0 Å². The Balaban J connectivity index is 1.89. The van der Waals surface area contributed by atoms with Crippen LogP contribution in [0.3, 0.4) is 0 Å². The zero-order chi connectivity index (χ0) is 15.2. The van der Waals surface area contributed by atoms with Crippen molar-refractivity contribution in [3.8, 4) is 0 Å². The first-order chi connectivity index (χ1) is 10.0. The summed E-state index contributed by atoms with van der Waals surface area (Å²) in [6.07, 6.45) is 0. The van der Waals surface area contributed by atoms with E-state index in [-0.39, 0.29) is 11.0 Å². The molecule has 2 aromatic rings. The molecule has 0 aliphatic carbocycles. The number of thiocarbonyl (C=S) groups is 1. The van der Waals surface area contributed by atoms with Gasteiger partial charge in [0.15, 0.2) is 5.11 Å². The Morgan fingerprint density at radius 2 is 1.95 bits per heavy atom. The molecular formula is C13H10F2N2OS3. The fraction of sp³-hybridized carbons (Fsp3) is 0.0769. The quantitative estimate of drug-likeness (QED) is 0.645. The van der Waals surface area contributed by atoms with Gasteiger partial charge in [-0.3, -0.25) is 10.1 Å². The van der Waals surface area contributed by atoms with Gasteiger partial charge in [0.25, 0.3) is 11.7 Å². The van der Waals surface area contributed by atoms with Crippen LogP contribution in [-0.4, -0.2) is 16.8 Å². The third-order valence-electron chi connectivity index (χ3n) is 2.31. The molecule has 0 spiro atoms. The first-order valence-corrected chi connectivity index (χ1v) is 7.92. The fourth-order valence-electron chi connectivity index (χ4n) is 1.45. The van der Waals surface area contributed by atoms with Crippen molar-refractivity contribution in [3.05, 3.63) is 46.7 Å². The molecule has 110 valence electrons. The van der Waals surface area contributed by atoms with Crippen LogP contribution in [0.5, 0.6) is 0 Å². The molecule has 0 fully saturated rings.